The third-order valence-corrected chi connectivity index (χ3v) is 3.92. The standard InChI is InChI=1S/C11H21NO3/c1-9-4-2-3-5-11(9)12-10(6-13,7-14)8-15-11/h9,12-14H,2-8H2,1H3. The number of hydrogen-bond acceptors (Lipinski definition) is 4. The van der Waals surface area contributed by atoms with Crippen LogP contribution in [-0.4, -0.2) is 41.3 Å². The van der Waals surface area contributed by atoms with Crippen molar-refractivity contribution in [3.05, 3.63) is 0 Å². The van der Waals surface area contributed by atoms with Crippen LogP contribution in [0.3, 0.4) is 0 Å². The van der Waals surface area contributed by atoms with E-state index in [1.807, 2.05) is 0 Å². The largest absolute Gasteiger partial charge is 0.394 e. The van der Waals surface area contributed by atoms with Gasteiger partial charge in [0, 0.05) is 0 Å². The third-order valence-electron chi connectivity index (χ3n) is 3.92. The summed E-state index contributed by atoms with van der Waals surface area (Å²) in [6.07, 6.45) is 4.54. The van der Waals surface area contributed by atoms with Crippen LogP contribution in [-0.2, 0) is 4.74 Å². The maximum Gasteiger partial charge on any atom is 0.122 e. The molecule has 0 amide bonds. The molecule has 0 aromatic heterocycles. The molecule has 1 saturated carbocycles. The fourth-order valence-corrected chi connectivity index (χ4v) is 2.73. The summed E-state index contributed by atoms with van der Waals surface area (Å²) < 4.78 is 5.86. The Morgan fingerprint density at radius 1 is 1.33 bits per heavy atom. The molecule has 4 nitrogen and oxygen atoms in total. The highest BCUT2D eigenvalue weighted by atomic mass is 16.5. The van der Waals surface area contributed by atoms with E-state index in [1.165, 1.54) is 6.42 Å². The van der Waals surface area contributed by atoms with Crippen molar-refractivity contribution < 1.29 is 14.9 Å². The number of hydrogen-bond donors (Lipinski definition) is 3. The van der Waals surface area contributed by atoms with Gasteiger partial charge >= 0.3 is 0 Å². The van der Waals surface area contributed by atoms with E-state index in [9.17, 15) is 10.2 Å². The first-order valence-corrected chi connectivity index (χ1v) is 5.81. The molecule has 2 rings (SSSR count). The molecule has 15 heavy (non-hydrogen) atoms. The first-order chi connectivity index (χ1) is 7.16. The summed E-state index contributed by atoms with van der Waals surface area (Å²) in [5, 5.41) is 22.0. The molecule has 2 unspecified atom stereocenters. The zero-order chi connectivity index (χ0) is 10.9. The van der Waals surface area contributed by atoms with Crippen LogP contribution in [0.4, 0.5) is 0 Å². The Kier molecular flexibility index (Phi) is 3.03. The predicted molar refractivity (Wildman–Crippen MR) is 56.4 cm³/mol. The zero-order valence-corrected chi connectivity index (χ0v) is 9.33. The van der Waals surface area contributed by atoms with E-state index in [0.717, 1.165) is 19.3 Å². The Labute approximate surface area is 90.6 Å². The highest BCUT2D eigenvalue weighted by Gasteiger charge is 2.51. The van der Waals surface area contributed by atoms with E-state index in [0.29, 0.717) is 12.5 Å². The SMILES string of the molecule is CC1CCCCC12NC(CO)(CO)CO2. The Morgan fingerprint density at radius 2 is 2.07 bits per heavy atom. The van der Waals surface area contributed by atoms with Crippen molar-refractivity contribution in [2.45, 2.75) is 43.9 Å². The van der Waals surface area contributed by atoms with Crippen LogP contribution in [0, 0.1) is 5.92 Å². The highest BCUT2D eigenvalue weighted by molar-refractivity contribution is 5.03. The minimum absolute atomic E-state index is 0.0715. The maximum absolute atomic E-state index is 9.31. The number of aliphatic hydroxyl groups is 2. The van der Waals surface area contributed by atoms with Gasteiger partial charge in [0.15, 0.2) is 0 Å². The molecule has 88 valence electrons. The molecule has 0 aromatic carbocycles. The van der Waals surface area contributed by atoms with Gasteiger partial charge in [-0.25, -0.2) is 0 Å². The van der Waals surface area contributed by atoms with Gasteiger partial charge in [0.2, 0.25) is 0 Å². The molecule has 2 aliphatic rings. The Balaban J connectivity index is 2.12. The Bertz CT molecular complexity index is 230. The first kappa shape index (κ1) is 11.3. The van der Waals surface area contributed by atoms with Gasteiger partial charge in [-0.3, -0.25) is 5.32 Å². The molecule has 0 aromatic rings. The van der Waals surface area contributed by atoms with Crippen LogP contribution in [0.1, 0.15) is 32.6 Å². The van der Waals surface area contributed by atoms with Gasteiger partial charge in [-0.05, 0) is 25.2 Å². The van der Waals surface area contributed by atoms with Crippen LogP contribution in [0.15, 0.2) is 0 Å². The van der Waals surface area contributed by atoms with E-state index in [1.54, 1.807) is 0 Å². The predicted octanol–water partition coefficient (Wildman–Crippen LogP) is 0.236. The molecule has 1 aliphatic carbocycles. The Hall–Kier alpha value is -0.160. The summed E-state index contributed by atoms with van der Waals surface area (Å²) in [6, 6.07) is 0. The highest BCUT2D eigenvalue weighted by Crippen LogP contribution is 2.39. The second-order valence-corrected chi connectivity index (χ2v) is 5.05. The fraction of sp³-hybridized carbons (Fsp3) is 1.00. The molecule has 0 bridgehead atoms. The normalized spacial score (nSPS) is 39.8. The zero-order valence-electron chi connectivity index (χ0n) is 9.33. The van der Waals surface area contributed by atoms with Crippen molar-refractivity contribution in [1.82, 2.24) is 5.32 Å². The van der Waals surface area contributed by atoms with Crippen LogP contribution in [0.2, 0.25) is 0 Å². The van der Waals surface area contributed by atoms with Gasteiger partial charge in [0.25, 0.3) is 0 Å². The fourth-order valence-electron chi connectivity index (χ4n) is 2.73. The van der Waals surface area contributed by atoms with Gasteiger partial charge < -0.3 is 14.9 Å². The summed E-state index contributed by atoms with van der Waals surface area (Å²) in [4.78, 5) is 0. The number of nitrogens with one attached hydrogen (secondary N) is 1. The van der Waals surface area contributed by atoms with E-state index < -0.39 is 5.54 Å². The summed E-state index contributed by atoms with van der Waals surface area (Å²) in [7, 11) is 0. The van der Waals surface area contributed by atoms with Crippen molar-refractivity contribution in [2.75, 3.05) is 19.8 Å². The number of ether oxygens (including phenoxy) is 1. The molecular formula is C11H21NO3. The van der Waals surface area contributed by atoms with Gasteiger partial charge in [-0.2, -0.15) is 0 Å². The molecule has 1 heterocycles. The Morgan fingerprint density at radius 3 is 2.60 bits per heavy atom. The smallest absolute Gasteiger partial charge is 0.122 e. The number of aliphatic hydroxyl groups excluding tert-OH is 2. The van der Waals surface area contributed by atoms with Crippen molar-refractivity contribution in [2.24, 2.45) is 5.92 Å². The van der Waals surface area contributed by atoms with Gasteiger partial charge in [0.1, 0.15) is 5.72 Å². The lowest BCUT2D eigenvalue weighted by molar-refractivity contribution is -0.0765. The number of rotatable bonds is 2. The van der Waals surface area contributed by atoms with Gasteiger partial charge in [0.05, 0.1) is 25.4 Å². The molecular weight excluding hydrogens is 194 g/mol. The van der Waals surface area contributed by atoms with E-state index in [2.05, 4.69) is 12.2 Å². The van der Waals surface area contributed by atoms with E-state index in [4.69, 9.17) is 4.74 Å². The second kappa shape index (κ2) is 4.01. The summed E-state index contributed by atoms with van der Waals surface area (Å²) in [6.45, 7) is 2.44. The van der Waals surface area contributed by atoms with E-state index >= 15 is 0 Å². The lowest BCUT2D eigenvalue weighted by atomic mass is 9.82. The summed E-state index contributed by atoms with van der Waals surface area (Å²) in [5.74, 6) is 0.450. The lowest BCUT2D eigenvalue weighted by Gasteiger charge is -2.40. The average molecular weight is 215 g/mol. The average Bonchev–Trinajstić information content (AvgIpc) is 2.64. The van der Waals surface area contributed by atoms with Crippen molar-refractivity contribution in [3.8, 4) is 0 Å². The van der Waals surface area contributed by atoms with Crippen LogP contribution < -0.4 is 5.32 Å². The van der Waals surface area contributed by atoms with Crippen LogP contribution in [0.5, 0.6) is 0 Å². The topological polar surface area (TPSA) is 61.7 Å². The van der Waals surface area contributed by atoms with Crippen LogP contribution in [0.25, 0.3) is 0 Å². The molecule has 0 radical (unpaired) electrons. The monoisotopic (exact) mass is 215 g/mol. The first-order valence-electron chi connectivity index (χ1n) is 5.81. The minimum Gasteiger partial charge on any atom is -0.394 e. The van der Waals surface area contributed by atoms with E-state index in [-0.39, 0.29) is 18.9 Å². The molecule has 3 N–H and O–H groups in total. The summed E-state index contributed by atoms with van der Waals surface area (Å²) in [5.41, 5.74) is -0.935. The maximum atomic E-state index is 9.31. The quantitative estimate of drug-likeness (QED) is 0.617. The molecule has 1 spiro atoms. The van der Waals surface area contributed by atoms with Crippen molar-refractivity contribution in [1.29, 1.82) is 0 Å². The van der Waals surface area contributed by atoms with Gasteiger partial charge in [-0.1, -0.05) is 13.3 Å². The minimum atomic E-state index is -0.633. The summed E-state index contributed by atoms with van der Waals surface area (Å²) >= 11 is 0. The molecule has 2 atom stereocenters. The third kappa shape index (κ3) is 1.80. The second-order valence-electron chi connectivity index (χ2n) is 5.05. The molecule has 4 heteroatoms. The molecule has 1 aliphatic heterocycles. The lowest BCUT2D eigenvalue weighted by Crippen LogP contribution is -2.59. The molecule has 1 saturated heterocycles. The molecule has 2 fully saturated rings. The van der Waals surface area contributed by atoms with Gasteiger partial charge in [-0.15, -0.1) is 0 Å². The van der Waals surface area contributed by atoms with Crippen molar-refractivity contribution in [3.63, 3.8) is 0 Å². The van der Waals surface area contributed by atoms with Crippen LogP contribution >= 0.6 is 0 Å². The van der Waals surface area contributed by atoms with Crippen molar-refractivity contribution >= 4 is 0 Å².